The van der Waals surface area contributed by atoms with Crippen LogP contribution < -0.4 is 15.1 Å². The maximum absolute atomic E-state index is 14.0. The Labute approximate surface area is 276 Å². The maximum atomic E-state index is 14.0. The van der Waals surface area contributed by atoms with Crippen LogP contribution in [0.3, 0.4) is 0 Å². The molecule has 1 N–H and O–H groups in total. The summed E-state index contributed by atoms with van der Waals surface area (Å²) in [6, 6.07) is 18.4. The first-order chi connectivity index (χ1) is 21.6. The van der Waals surface area contributed by atoms with Crippen molar-refractivity contribution >= 4 is 81.4 Å². The lowest BCUT2D eigenvalue weighted by molar-refractivity contribution is -0.122. The van der Waals surface area contributed by atoms with Gasteiger partial charge in [0, 0.05) is 16.5 Å². The number of amides is 3. The Morgan fingerprint density at radius 3 is 2.36 bits per heavy atom. The van der Waals surface area contributed by atoms with E-state index in [1.807, 2.05) is 19.1 Å². The molecule has 3 atom stereocenters. The Morgan fingerprint density at radius 2 is 1.67 bits per heavy atom. The third-order valence-electron chi connectivity index (χ3n) is 7.64. The monoisotopic (exact) mass is 681 g/mol. The second-order valence-electron chi connectivity index (χ2n) is 10.5. The van der Waals surface area contributed by atoms with Crippen LogP contribution in [0.2, 0.25) is 10.0 Å². The molecule has 0 radical (unpaired) electrons. The third kappa shape index (κ3) is 5.69. The summed E-state index contributed by atoms with van der Waals surface area (Å²) in [5, 5.41) is 2.80. The molecule has 230 valence electrons. The average Bonchev–Trinajstić information content (AvgIpc) is 3.46. The number of thioether (sulfide) groups is 1. The van der Waals surface area contributed by atoms with Gasteiger partial charge in [-0.3, -0.25) is 23.7 Å². The van der Waals surface area contributed by atoms with Gasteiger partial charge in [-0.05, 0) is 61.9 Å². The average molecular weight is 683 g/mol. The van der Waals surface area contributed by atoms with Crippen LogP contribution in [-0.4, -0.2) is 40.1 Å². The molecule has 1 fully saturated rings. The number of hydrogen-bond donors (Lipinski definition) is 1. The van der Waals surface area contributed by atoms with E-state index in [0.717, 1.165) is 28.7 Å². The molecule has 13 heteroatoms. The standard InChI is InChI=1S/C32H25Cl2N3O6S2/c1-3-43-31(41)17-9-11-18(12-10-17)35-22(38)15-36-30-27(45-32(36)42)23(20-5-4-6-21(33)25(20)34)24-26(44-30)29(40)37(28(24)39)19-13-7-16(2)8-14-19/h4-14,23-24,26H,3,15H2,1-2H3,(H,35,38). The van der Waals surface area contributed by atoms with Crippen LogP contribution in [0.15, 0.2) is 76.6 Å². The van der Waals surface area contributed by atoms with Crippen molar-refractivity contribution < 1.29 is 23.9 Å². The largest absolute Gasteiger partial charge is 0.462 e. The van der Waals surface area contributed by atoms with Crippen LogP contribution in [-0.2, 0) is 25.7 Å². The first kappa shape index (κ1) is 31.1. The minimum atomic E-state index is -0.870. The third-order valence-corrected chi connectivity index (χ3v) is 11.1. The number of aromatic nitrogens is 1. The fraction of sp³-hybridized carbons (Fsp3) is 0.219. The Morgan fingerprint density at radius 1 is 0.956 bits per heavy atom. The van der Waals surface area contributed by atoms with E-state index in [9.17, 15) is 24.0 Å². The number of fused-ring (bicyclic) bond motifs is 2. The zero-order valence-corrected chi connectivity index (χ0v) is 27.1. The van der Waals surface area contributed by atoms with E-state index in [1.54, 1.807) is 49.4 Å². The number of aryl methyl sites for hydroxylation is 1. The molecular weight excluding hydrogens is 657 g/mol. The lowest BCUT2D eigenvalue weighted by Gasteiger charge is -2.31. The lowest BCUT2D eigenvalue weighted by atomic mass is 9.83. The molecule has 6 rings (SSSR count). The van der Waals surface area contributed by atoms with Crippen molar-refractivity contribution in [3.63, 3.8) is 0 Å². The van der Waals surface area contributed by atoms with Crippen LogP contribution >= 0.6 is 46.3 Å². The first-order valence-corrected chi connectivity index (χ1v) is 16.4. The normalized spacial score (nSPS) is 18.8. The van der Waals surface area contributed by atoms with E-state index in [0.29, 0.717) is 32.4 Å². The van der Waals surface area contributed by atoms with Gasteiger partial charge in [-0.15, -0.1) is 0 Å². The quantitative estimate of drug-likeness (QED) is 0.184. The van der Waals surface area contributed by atoms with Crippen LogP contribution in [0.1, 0.15) is 39.2 Å². The highest BCUT2D eigenvalue weighted by molar-refractivity contribution is 8.00. The minimum absolute atomic E-state index is 0.228. The summed E-state index contributed by atoms with van der Waals surface area (Å²) < 4.78 is 6.31. The van der Waals surface area contributed by atoms with E-state index in [-0.39, 0.29) is 23.2 Å². The minimum Gasteiger partial charge on any atom is -0.462 e. The van der Waals surface area contributed by atoms with Crippen molar-refractivity contribution in [3.8, 4) is 0 Å². The molecule has 2 aliphatic rings. The summed E-state index contributed by atoms with van der Waals surface area (Å²) >= 11 is 15.1. The molecule has 3 heterocycles. The number of thiazole rings is 1. The number of halogens is 2. The molecule has 0 aliphatic carbocycles. The van der Waals surface area contributed by atoms with Gasteiger partial charge in [-0.2, -0.15) is 0 Å². The number of nitrogens with zero attached hydrogens (tertiary/aromatic N) is 2. The Hall–Kier alpha value is -3.90. The fourth-order valence-electron chi connectivity index (χ4n) is 5.55. The van der Waals surface area contributed by atoms with Gasteiger partial charge < -0.3 is 10.1 Å². The number of ether oxygens (including phenoxy) is 1. The molecular formula is C32H25Cl2N3O6S2. The highest BCUT2D eigenvalue weighted by Crippen LogP contribution is 2.55. The van der Waals surface area contributed by atoms with E-state index >= 15 is 0 Å². The predicted octanol–water partition coefficient (Wildman–Crippen LogP) is 6.14. The highest BCUT2D eigenvalue weighted by Gasteiger charge is 2.57. The number of benzene rings is 3. The SMILES string of the molecule is CCOC(=O)c1ccc(NC(=O)Cn2c3c(sc2=O)C(c2cccc(Cl)c2Cl)C2C(=O)N(c4ccc(C)cc4)C(=O)C2S3)cc1. The molecule has 45 heavy (non-hydrogen) atoms. The molecule has 0 bridgehead atoms. The van der Waals surface area contributed by atoms with Gasteiger partial charge in [0.1, 0.15) is 11.8 Å². The summed E-state index contributed by atoms with van der Waals surface area (Å²) in [6.45, 7) is 3.53. The van der Waals surface area contributed by atoms with Gasteiger partial charge in [-0.25, -0.2) is 9.69 Å². The van der Waals surface area contributed by atoms with Gasteiger partial charge in [0.2, 0.25) is 17.7 Å². The van der Waals surface area contributed by atoms with Crippen molar-refractivity contribution in [2.75, 3.05) is 16.8 Å². The molecule has 2 aliphatic heterocycles. The molecule has 1 aromatic heterocycles. The number of anilines is 2. The van der Waals surface area contributed by atoms with Crippen molar-refractivity contribution in [3.05, 3.63) is 108 Å². The molecule has 3 aromatic carbocycles. The van der Waals surface area contributed by atoms with Crippen LogP contribution in [0.5, 0.6) is 0 Å². The zero-order valence-electron chi connectivity index (χ0n) is 23.9. The predicted molar refractivity (Wildman–Crippen MR) is 175 cm³/mol. The van der Waals surface area contributed by atoms with Crippen molar-refractivity contribution in [2.45, 2.75) is 36.6 Å². The Bertz CT molecular complexity index is 1910. The summed E-state index contributed by atoms with van der Waals surface area (Å²) in [5.74, 6) is -3.38. The van der Waals surface area contributed by atoms with Crippen LogP contribution in [0.4, 0.5) is 11.4 Å². The highest BCUT2D eigenvalue weighted by atomic mass is 35.5. The zero-order chi connectivity index (χ0) is 32.0. The molecule has 0 saturated carbocycles. The Kier molecular flexibility index (Phi) is 8.62. The van der Waals surface area contributed by atoms with Crippen molar-refractivity contribution in [1.29, 1.82) is 0 Å². The summed E-state index contributed by atoms with van der Waals surface area (Å²) in [6.07, 6.45) is 0. The van der Waals surface area contributed by atoms with Gasteiger partial charge in [0.05, 0.1) is 38.8 Å². The smallest absolute Gasteiger partial charge is 0.338 e. The lowest BCUT2D eigenvalue weighted by Crippen LogP contribution is -2.33. The van der Waals surface area contributed by atoms with Crippen LogP contribution in [0, 0.1) is 12.8 Å². The molecule has 3 unspecified atom stereocenters. The second-order valence-corrected chi connectivity index (χ2v) is 13.4. The Balaban J connectivity index is 1.36. The molecule has 4 aromatic rings. The van der Waals surface area contributed by atoms with E-state index < -0.39 is 45.6 Å². The maximum Gasteiger partial charge on any atom is 0.338 e. The van der Waals surface area contributed by atoms with Crippen molar-refractivity contribution in [2.24, 2.45) is 5.92 Å². The molecule has 9 nitrogen and oxygen atoms in total. The number of imide groups is 1. The van der Waals surface area contributed by atoms with Gasteiger partial charge >= 0.3 is 10.8 Å². The number of rotatable bonds is 7. The first-order valence-electron chi connectivity index (χ1n) is 13.9. The van der Waals surface area contributed by atoms with Gasteiger partial charge in [0.25, 0.3) is 0 Å². The number of carbonyl (C=O) groups excluding carboxylic acids is 4. The molecule has 0 spiro atoms. The number of nitrogens with one attached hydrogen (secondary N) is 1. The van der Waals surface area contributed by atoms with Gasteiger partial charge in [-0.1, -0.05) is 76.1 Å². The summed E-state index contributed by atoms with van der Waals surface area (Å²) in [7, 11) is 0. The number of carbonyl (C=O) groups is 4. The number of hydrogen-bond acceptors (Lipinski definition) is 8. The van der Waals surface area contributed by atoms with Gasteiger partial charge in [0.15, 0.2) is 0 Å². The van der Waals surface area contributed by atoms with E-state index in [2.05, 4.69) is 5.32 Å². The fourth-order valence-corrected chi connectivity index (χ4v) is 8.74. The second kappa shape index (κ2) is 12.5. The number of esters is 1. The topological polar surface area (TPSA) is 115 Å². The summed E-state index contributed by atoms with van der Waals surface area (Å²) in [5.41, 5.74) is 2.72. The molecule has 3 amide bonds. The van der Waals surface area contributed by atoms with Crippen LogP contribution in [0.25, 0.3) is 0 Å². The van der Waals surface area contributed by atoms with Crippen molar-refractivity contribution in [1.82, 2.24) is 4.57 Å². The van der Waals surface area contributed by atoms with E-state index in [1.165, 1.54) is 21.6 Å². The van der Waals surface area contributed by atoms with E-state index in [4.69, 9.17) is 27.9 Å². The summed E-state index contributed by atoms with van der Waals surface area (Å²) in [4.78, 5) is 67.8. The molecule has 1 saturated heterocycles.